The summed E-state index contributed by atoms with van der Waals surface area (Å²) in [7, 11) is 1.81. The zero-order valence-corrected chi connectivity index (χ0v) is 23.8. The van der Waals surface area contributed by atoms with Gasteiger partial charge in [-0.3, -0.25) is 0 Å². The van der Waals surface area contributed by atoms with Crippen LogP contribution in [0.2, 0.25) is 0 Å². The zero-order chi connectivity index (χ0) is 26.9. The third-order valence-corrected chi connectivity index (χ3v) is 8.54. The van der Waals surface area contributed by atoms with E-state index >= 15 is 0 Å². The second-order valence-corrected chi connectivity index (χ2v) is 11.4. The highest BCUT2D eigenvalue weighted by molar-refractivity contribution is 7.96. The van der Waals surface area contributed by atoms with Gasteiger partial charge in [-0.2, -0.15) is 0 Å². The first kappa shape index (κ1) is 26.9. The van der Waals surface area contributed by atoms with Crippen LogP contribution in [0.5, 0.6) is 5.75 Å². The van der Waals surface area contributed by atoms with Crippen molar-refractivity contribution in [3.63, 3.8) is 0 Å². The number of ether oxygens (including phenoxy) is 1. The van der Waals surface area contributed by atoms with Gasteiger partial charge in [0.2, 0.25) is 0 Å². The first-order valence-corrected chi connectivity index (χ1v) is 14.4. The molecule has 2 aliphatic heterocycles. The molecule has 1 aromatic carbocycles. The third-order valence-electron chi connectivity index (χ3n) is 7.77. The molecule has 1 atom stereocenters. The summed E-state index contributed by atoms with van der Waals surface area (Å²) in [5.41, 5.74) is 4.95. The molecule has 3 aromatic rings. The van der Waals surface area contributed by atoms with Gasteiger partial charge in [0.05, 0.1) is 17.0 Å². The van der Waals surface area contributed by atoms with Crippen molar-refractivity contribution in [1.29, 1.82) is 0 Å². The molecule has 38 heavy (non-hydrogen) atoms. The molecule has 0 amide bonds. The summed E-state index contributed by atoms with van der Waals surface area (Å²) in [5.74, 6) is 3.03. The molecule has 9 nitrogen and oxygen atoms in total. The van der Waals surface area contributed by atoms with Crippen LogP contribution in [0.25, 0.3) is 22.6 Å². The molecule has 5 rings (SSSR count). The predicted octanol–water partition coefficient (Wildman–Crippen LogP) is 3.86. The predicted molar refractivity (Wildman–Crippen MR) is 152 cm³/mol. The average Bonchev–Trinajstić information content (AvgIpc) is 3.24. The van der Waals surface area contributed by atoms with Gasteiger partial charge in [-0.15, -0.1) is 0 Å². The fraction of sp³-hybridized carbons (Fsp3) is 0.536. The number of likely N-dealkylation sites (N-methyl/N-ethyl adjacent to an activating group) is 1. The Hall–Kier alpha value is -2.66. The van der Waals surface area contributed by atoms with Crippen LogP contribution in [-0.4, -0.2) is 83.3 Å². The summed E-state index contributed by atoms with van der Waals surface area (Å²) < 4.78 is 13.8. The molecule has 204 valence electrons. The Morgan fingerprint density at radius 1 is 1.18 bits per heavy atom. The van der Waals surface area contributed by atoms with Crippen molar-refractivity contribution in [2.75, 3.05) is 57.5 Å². The van der Waals surface area contributed by atoms with Crippen molar-refractivity contribution in [1.82, 2.24) is 24.7 Å². The maximum atomic E-state index is 10.1. The number of aliphatic hydroxyl groups excluding tert-OH is 1. The van der Waals surface area contributed by atoms with Crippen LogP contribution in [0.4, 0.5) is 5.82 Å². The van der Waals surface area contributed by atoms with Crippen molar-refractivity contribution in [2.45, 2.75) is 39.7 Å². The molecule has 0 saturated carbocycles. The number of hydrogen-bond donors (Lipinski definition) is 2. The van der Waals surface area contributed by atoms with Gasteiger partial charge in [-0.25, -0.2) is 14.3 Å². The Morgan fingerprint density at radius 2 is 1.95 bits per heavy atom. The molecule has 1 spiro atoms. The van der Waals surface area contributed by atoms with Crippen molar-refractivity contribution >= 4 is 17.8 Å². The quantitative estimate of drug-likeness (QED) is 0.391. The number of piperidine rings is 1. The van der Waals surface area contributed by atoms with Crippen molar-refractivity contribution in [3.8, 4) is 28.4 Å². The number of aliphatic hydroxyl groups is 1. The van der Waals surface area contributed by atoms with E-state index in [1.54, 1.807) is 7.05 Å². The number of anilines is 1. The molecular weight excluding hydrogens is 500 g/mol. The zero-order valence-electron chi connectivity index (χ0n) is 23.0. The monoisotopic (exact) mass is 538 g/mol. The van der Waals surface area contributed by atoms with Crippen LogP contribution in [0, 0.1) is 26.2 Å². The molecule has 2 fully saturated rings. The molecule has 0 aliphatic carbocycles. The summed E-state index contributed by atoms with van der Waals surface area (Å²) in [6, 6.07) is 7.76. The van der Waals surface area contributed by atoms with Gasteiger partial charge in [0, 0.05) is 49.3 Å². The lowest BCUT2D eigenvalue weighted by atomic mass is 9.73. The lowest BCUT2D eigenvalue weighted by Gasteiger charge is -2.53. The first-order valence-electron chi connectivity index (χ1n) is 13.2. The van der Waals surface area contributed by atoms with E-state index in [-0.39, 0.29) is 6.61 Å². The van der Waals surface area contributed by atoms with Crippen molar-refractivity contribution in [2.24, 2.45) is 5.41 Å². The number of aromatic nitrogens is 3. The average molecular weight is 539 g/mol. The van der Waals surface area contributed by atoms with Crippen LogP contribution in [0.1, 0.15) is 29.9 Å². The summed E-state index contributed by atoms with van der Waals surface area (Å²) in [6.45, 7) is 11.0. The van der Waals surface area contributed by atoms with Gasteiger partial charge in [-0.1, -0.05) is 29.2 Å². The van der Waals surface area contributed by atoms with E-state index in [2.05, 4.69) is 32.9 Å². The van der Waals surface area contributed by atoms with E-state index in [9.17, 15) is 5.11 Å². The second-order valence-electron chi connectivity index (χ2n) is 10.6. The highest BCUT2D eigenvalue weighted by atomic mass is 32.2. The Labute approximate surface area is 229 Å². The number of nitrogens with zero attached hydrogens (tertiary/aromatic N) is 5. The molecule has 2 N–H and O–H groups in total. The van der Waals surface area contributed by atoms with Gasteiger partial charge in [0.25, 0.3) is 0 Å². The number of benzene rings is 1. The van der Waals surface area contributed by atoms with Gasteiger partial charge < -0.3 is 24.6 Å². The lowest BCUT2D eigenvalue weighted by molar-refractivity contribution is 0.0522. The molecule has 10 heteroatoms. The Balaban J connectivity index is 1.48. The molecule has 0 radical (unpaired) electrons. The Kier molecular flexibility index (Phi) is 7.95. The molecule has 4 heterocycles. The Bertz CT molecular complexity index is 1250. The largest absolute Gasteiger partial charge is 0.491 e. The molecule has 2 saturated heterocycles. The highest BCUT2D eigenvalue weighted by Gasteiger charge is 2.45. The van der Waals surface area contributed by atoms with Crippen LogP contribution >= 0.6 is 11.9 Å². The van der Waals surface area contributed by atoms with Crippen molar-refractivity contribution < 1.29 is 14.4 Å². The van der Waals surface area contributed by atoms with E-state index < -0.39 is 6.10 Å². The molecule has 0 bridgehead atoms. The topological polar surface area (TPSA) is 99.8 Å². The van der Waals surface area contributed by atoms with Gasteiger partial charge in [0.15, 0.2) is 5.82 Å². The number of hydrogen-bond acceptors (Lipinski definition) is 10. The molecular formula is C28H38N6O3S. The second kappa shape index (κ2) is 11.2. The minimum Gasteiger partial charge on any atom is -0.491 e. The Morgan fingerprint density at radius 3 is 2.61 bits per heavy atom. The number of aryl methyl sites for hydroxylation is 2. The van der Waals surface area contributed by atoms with E-state index in [0.29, 0.717) is 23.5 Å². The summed E-state index contributed by atoms with van der Waals surface area (Å²) >= 11 is 1.85. The maximum Gasteiger partial charge on any atom is 0.162 e. The van der Waals surface area contributed by atoms with Gasteiger partial charge in [-0.05, 0) is 59.0 Å². The molecule has 2 aliphatic rings. The smallest absolute Gasteiger partial charge is 0.162 e. The van der Waals surface area contributed by atoms with Gasteiger partial charge >= 0.3 is 0 Å². The number of rotatable bonds is 9. The van der Waals surface area contributed by atoms with Crippen LogP contribution < -0.4 is 15.0 Å². The SMILES string of the molecule is CNCC(O)COc1cccc(-c2nc(-c3c(C)noc3C)c(C)c(N3CCC4(CC3)CN(SC)C4)n2)c1. The van der Waals surface area contributed by atoms with E-state index in [4.69, 9.17) is 19.2 Å². The summed E-state index contributed by atoms with van der Waals surface area (Å²) in [5, 5.41) is 17.2. The normalized spacial score (nSPS) is 18.0. The molecule has 1 unspecified atom stereocenters. The maximum absolute atomic E-state index is 10.1. The summed E-state index contributed by atoms with van der Waals surface area (Å²) in [4.78, 5) is 12.6. The number of nitrogens with one attached hydrogen (secondary N) is 1. The van der Waals surface area contributed by atoms with E-state index in [0.717, 1.165) is 52.7 Å². The van der Waals surface area contributed by atoms with Gasteiger partial charge in [0.1, 0.15) is 30.0 Å². The van der Waals surface area contributed by atoms with E-state index in [1.807, 2.05) is 50.1 Å². The minimum absolute atomic E-state index is 0.206. The molecule has 2 aromatic heterocycles. The van der Waals surface area contributed by atoms with Crippen LogP contribution in [0.15, 0.2) is 28.8 Å². The third kappa shape index (κ3) is 5.40. The standard InChI is InChI=1S/C28H38N6O3S/c1-18-25(24-19(2)32-37-20(24)3)30-26(21-7-6-8-23(13-21)36-15-22(35)14-29-4)31-27(18)33-11-9-28(10-12-33)16-34(17-28)38-5/h6-8,13,22,29,35H,9-12,14-17H2,1-5H3. The fourth-order valence-corrected chi connectivity index (χ4v) is 6.36. The fourth-order valence-electron chi connectivity index (χ4n) is 5.56. The van der Waals surface area contributed by atoms with Crippen LogP contribution in [0.3, 0.4) is 0 Å². The van der Waals surface area contributed by atoms with Crippen molar-refractivity contribution in [3.05, 3.63) is 41.3 Å². The highest BCUT2D eigenvalue weighted by Crippen LogP contribution is 2.44. The lowest BCUT2D eigenvalue weighted by Crippen LogP contribution is -2.57. The minimum atomic E-state index is -0.585. The summed E-state index contributed by atoms with van der Waals surface area (Å²) in [6.07, 6.45) is 3.91. The van der Waals surface area contributed by atoms with Crippen LogP contribution in [-0.2, 0) is 0 Å². The van der Waals surface area contributed by atoms with E-state index in [1.165, 1.54) is 25.9 Å². The first-order chi connectivity index (χ1) is 18.3.